The van der Waals surface area contributed by atoms with E-state index in [1.54, 1.807) is 0 Å². The Morgan fingerprint density at radius 3 is 2.66 bits per heavy atom. The lowest BCUT2D eigenvalue weighted by Gasteiger charge is -2.11. The molecule has 6 nitrogen and oxygen atoms in total. The van der Waals surface area contributed by atoms with E-state index >= 15 is 0 Å². The molecule has 0 fully saturated rings. The van der Waals surface area contributed by atoms with Gasteiger partial charge in [0.15, 0.2) is 0 Å². The summed E-state index contributed by atoms with van der Waals surface area (Å²) in [6.45, 7) is 8.40. The molecule has 0 aliphatic rings. The molecule has 0 spiro atoms. The van der Waals surface area contributed by atoms with Crippen molar-refractivity contribution in [2.75, 3.05) is 0 Å². The molecule has 0 aliphatic heterocycles. The quantitative estimate of drug-likeness (QED) is 0.463. The Morgan fingerprint density at radius 2 is 1.86 bits per heavy atom. The molecule has 144 valence electrons. The maximum Gasteiger partial charge on any atom is 0.137 e. The minimum Gasteiger partial charge on any atom is -0.345 e. The van der Waals surface area contributed by atoms with Crippen molar-refractivity contribution in [2.24, 2.45) is 0 Å². The molecule has 1 N–H and O–H groups in total. The second-order valence-corrected chi connectivity index (χ2v) is 7.64. The summed E-state index contributed by atoms with van der Waals surface area (Å²) in [6.07, 6.45) is 7.54. The number of imidazole rings is 1. The molecular weight excluding hydrogens is 360 g/mol. The van der Waals surface area contributed by atoms with Gasteiger partial charge in [-0.05, 0) is 45.9 Å². The fourth-order valence-corrected chi connectivity index (χ4v) is 4.07. The van der Waals surface area contributed by atoms with Gasteiger partial charge in [-0.25, -0.2) is 9.97 Å². The van der Waals surface area contributed by atoms with Crippen LogP contribution >= 0.6 is 0 Å². The molecule has 0 radical (unpaired) electrons. The predicted molar refractivity (Wildman–Crippen MR) is 116 cm³/mol. The molecule has 0 saturated carbocycles. The van der Waals surface area contributed by atoms with Crippen molar-refractivity contribution in [1.29, 1.82) is 0 Å². The largest absolute Gasteiger partial charge is 0.345 e. The normalized spacial score (nSPS) is 11.8. The zero-order valence-electron chi connectivity index (χ0n) is 16.9. The average Bonchev–Trinajstić information content (AvgIpc) is 3.27. The summed E-state index contributed by atoms with van der Waals surface area (Å²) in [5, 5.41) is 1.05. The lowest BCUT2D eigenvalue weighted by atomic mass is 10.0. The molecule has 0 amide bonds. The van der Waals surface area contributed by atoms with Gasteiger partial charge >= 0.3 is 0 Å². The molecule has 0 aromatic carbocycles. The summed E-state index contributed by atoms with van der Waals surface area (Å²) in [4.78, 5) is 21.7. The first-order valence-corrected chi connectivity index (χ1v) is 9.77. The van der Waals surface area contributed by atoms with Crippen molar-refractivity contribution in [2.45, 2.75) is 33.7 Å². The van der Waals surface area contributed by atoms with Crippen LogP contribution in [0.15, 0.2) is 49.1 Å². The minimum atomic E-state index is 0.333. The van der Waals surface area contributed by atoms with Gasteiger partial charge in [-0.3, -0.25) is 9.97 Å². The zero-order valence-corrected chi connectivity index (χ0v) is 16.9. The summed E-state index contributed by atoms with van der Waals surface area (Å²) >= 11 is 0. The van der Waals surface area contributed by atoms with Gasteiger partial charge < -0.3 is 9.55 Å². The Hall–Kier alpha value is -3.54. The molecule has 29 heavy (non-hydrogen) atoms. The molecular formula is C23H22N6. The van der Waals surface area contributed by atoms with Gasteiger partial charge in [0, 0.05) is 52.4 Å². The molecule has 5 aromatic heterocycles. The van der Waals surface area contributed by atoms with E-state index in [4.69, 9.17) is 4.98 Å². The number of aromatic nitrogens is 6. The molecule has 0 atom stereocenters. The highest BCUT2D eigenvalue weighted by atomic mass is 15.1. The third-order valence-corrected chi connectivity index (χ3v) is 5.39. The van der Waals surface area contributed by atoms with Crippen LogP contribution in [0, 0.1) is 13.8 Å². The van der Waals surface area contributed by atoms with E-state index in [9.17, 15) is 0 Å². The van der Waals surface area contributed by atoms with E-state index in [2.05, 4.69) is 56.5 Å². The second kappa shape index (κ2) is 6.51. The number of aromatic amines is 1. The number of pyridine rings is 3. The third-order valence-electron chi connectivity index (χ3n) is 5.39. The maximum absolute atomic E-state index is 4.70. The average molecular weight is 382 g/mol. The van der Waals surface area contributed by atoms with E-state index in [0.29, 0.717) is 6.04 Å². The first kappa shape index (κ1) is 17.6. The molecule has 6 heteroatoms. The van der Waals surface area contributed by atoms with E-state index in [1.165, 1.54) is 0 Å². The summed E-state index contributed by atoms with van der Waals surface area (Å²) in [6, 6.07) is 8.65. The van der Waals surface area contributed by atoms with E-state index in [0.717, 1.165) is 56.0 Å². The maximum atomic E-state index is 4.70. The number of hydrogen-bond donors (Lipinski definition) is 1. The second-order valence-electron chi connectivity index (χ2n) is 7.64. The highest BCUT2D eigenvalue weighted by Crippen LogP contribution is 2.32. The van der Waals surface area contributed by atoms with Crippen LogP contribution in [0.2, 0.25) is 0 Å². The highest BCUT2D eigenvalue weighted by molar-refractivity contribution is 5.96. The number of rotatable bonds is 3. The van der Waals surface area contributed by atoms with Crippen LogP contribution in [0.1, 0.15) is 31.4 Å². The topological polar surface area (TPSA) is 72.3 Å². The molecule has 0 saturated heterocycles. The van der Waals surface area contributed by atoms with Crippen molar-refractivity contribution in [1.82, 2.24) is 29.5 Å². The summed E-state index contributed by atoms with van der Waals surface area (Å²) in [5.41, 5.74) is 7.94. The van der Waals surface area contributed by atoms with Crippen molar-refractivity contribution >= 4 is 22.1 Å². The molecule has 0 aliphatic carbocycles. The number of nitrogens with zero attached hydrogens (tertiary/aromatic N) is 5. The van der Waals surface area contributed by atoms with Gasteiger partial charge in [0.2, 0.25) is 0 Å². The zero-order chi connectivity index (χ0) is 20.1. The van der Waals surface area contributed by atoms with Crippen LogP contribution in [0.4, 0.5) is 0 Å². The highest BCUT2D eigenvalue weighted by Gasteiger charge is 2.15. The standard InChI is InChI=1S/C23H22N6/c1-13(2)29-15(4)28-21-12-25-20(9-22(21)29)19-11-27-23-18(19)8-16(10-26-23)17-6-5-7-24-14(17)3/h5-13H,1-4H3,(H,26,27). The van der Waals surface area contributed by atoms with Gasteiger partial charge in [-0.2, -0.15) is 0 Å². The number of H-pyrrole nitrogens is 1. The number of aryl methyl sites for hydroxylation is 2. The van der Waals surface area contributed by atoms with Crippen LogP contribution < -0.4 is 0 Å². The fraction of sp³-hybridized carbons (Fsp3) is 0.217. The molecule has 5 aromatic rings. The molecule has 0 unspecified atom stereocenters. The summed E-state index contributed by atoms with van der Waals surface area (Å²) in [5.74, 6) is 1.00. The van der Waals surface area contributed by atoms with E-state index < -0.39 is 0 Å². The van der Waals surface area contributed by atoms with Crippen LogP contribution in [-0.2, 0) is 0 Å². The van der Waals surface area contributed by atoms with Crippen LogP contribution in [-0.4, -0.2) is 29.5 Å². The van der Waals surface area contributed by atoms with Crippen molar-refractivity contribution in [3.05, 3.63) is 60.6 Å². The minimum absolute atomic E-state index is 0.333. The Bertz CT molecular complexity index is 1360. The Balaban J connectivity index is 1.70. The summed E-state index contributed by atoms with van der Waals surface area (Å²) < 4.78 is 2.25. The van der Waals surface area contributed by atoms with Gasteiger partial charge in [0.05, 0.1) is 17.4 Å². The summed E-state index contributed by atoms with van der Waals surface area (Å²) in [7, 11) is 0. The van der Waals surface area contributed by atoms with E-state index in [1.807, 2.05) is 44.7 Å². The Kier molecular flexibility index (Phi) is 3.94. The van der Waals surface area contributed by atoms with Crippen LogP contribution in [0.3, 0.4) is 0 Å². The predicted octanol–water partition coefficient (Wildman–Crippen LogP) is 5.23. The van der Waals surface area contributed by atoms with Gasteiger partial charge in [-0.15, -0.1) is 0 Å². The lowest BCUT2D eigenvalue weighted by molar-refractivity contribution is 0.600. The van der Waals surface area contributed by atoms with Crippen molar-refractivity contribution in [3.8, 4) is 22.4 Å². The van der Waals surface area contributed by atoms with Crippen molar-refractivity contribution in [3.63, 3.8) is 0 Å². The number of hydrogen-bond acceptors (Lipinski definition) is 4. The van der Waals surface area contributed by atoms with Crippen LogP contribution in [0.5, 0.6) is 0 Å². The van der Waals surface area contributed by atoms with Crippen molar-refractivity contribution < 1.29 is 0 Å². The lowest BCUT2D eigenvalue weighted by Crippen LogP contribution is -2.02. The van der Waals surface area contributed by atoms with E-state index in [-0.39, 0.29) is 0 Å². The monoisotopic (exact) mass is 382 g/mol. The fourth-order valence-electron chi connectivity index (χ4n) is 4.07. The first-order chi connectivity index (χ1) is 14.0. The Morgan fingerprint density at radius 1 is 1.00 bits per heavy atom. The first-order valence-electron chi connectivity index (χ1n) is 9.77. The number of fused-ring (bicyclic) bond motifs is 2. The number of nitrogens with one attached hydrogen (secondary N) is 1. The Labute approximate surface area is 168 Å². The van der Waals surface area contributed by atoms with Crippen LogP contribution in [0.25, 0.3) is 44.5 Å². The molecule has 5 rings (SSSR count). The SMILES string of the molecule is Cc1ncccc1-c1cnc2[nH]cc(-c3cc4c(cn3)nc(C)n4C(C)C)c2c1. The van der Waals surface area contributed by atoms with Gasteiger partial charge in [0.25, 0.3) is 0 Å². The molecule has 5 heterocycles. The third kappa shape index (κ3) is 2.79. The smallest absolute Gasteiger partial charge is 0.137 e. The van der Waals surface area contributed by atoms with Gasteiger partial charge in [-0.1, -0.05) is 6.07 Å². The van der Waals surface area contributed by atoms with Gasteiger partial charge in [0.1, 0.15) is 17.0 Å². The molecule has 0 bridgehead atoms.